The predicted octanol–water partition coefficient (Wildman–Crippen LogP) is 1.27. The zero-order valence-electron chi connectivity index (χ0n) is 7.53. The van der Waals surface area contributed by atoms with Crippen molar-refractivity contribution < 1.29 is 0 Å². The summed E-state index contributed by atoms with van der Waals surface area (Å²) in [6, 6.07) is 1.76. The number of nitrogens with one attached hydrogen (secondary N) is 1. The Hall–Kier alpha value is -1.32. The zero-order chi connectivity index (χ0) is 9.10. The van der Waals surface area contributed by atoms with Crippen LogP contribution in [0.1, 0.15) is 19.3 Å². The zero-order valence-corrected chi connectivity index (χ0v) is 7.53. The van der Waals surface area contributed by atoms with Crippen molar-refractivity contribution in [3.8, 4) is 0 Å². The van der Waals surface area contributed by atoms with E-state index in [9.17, 15) is 0 Å². The van der Waals surface area contributed by atoms with E-state index < -0.39 is 0 Å². The standard InChI is InChI=1S/C9H14N4/c10-8-5-9(13-6-12-8)11-4-3-7-1-2-7/h5-7H,1-4H2,(H3,10,11,12,13). The minimum atomic E-state index is 0.518. The van der Waals surface area contributed by atoms with Crippen LogP contribution in [0.4, 0.5) is 11.6 Å². The first-order valence-electron chi connectivity index (χ1n) is 4.66. The van der Waals surface area contributed by atoms with Gasteiger partial charge < -0.3 is 11.1 Å². The predicted molar refractivity (Wildman–Crippen MR) is 52.3 cm³/mol. The largest absolute Gasteiger partial charge is 0.384 e. The molecule has 0 amide bonds. The van der Waals surface area contributed by atoms with E-state index in [0.29, 0.717) is 5.82 Å². The highest BCUT2D eigenvalue weighted by Gasteiger charge is 2.20. The number of anilines is 2. The first-order valence-corrected chi connectivity index (χ1v) is 4.66. The Morgan fingerprint density at radius 1 is 1.46 bits per heavy atom. The summed E-state index contributed by atoms with van der Waals surface area (Å²) in [6.45, 7) is 0.987. The molecule has 70 valence electrons. The van der Waals surface area contributed by atoms with Crippen LogP contribution in [0.2, 0.25) is 0 Å². The number of hydrogen-bond acceptors (Lipinski definition) is 4. The van der Waals surface area contributed by atoms with Crippen LogP contribution in [-0.2, 0) is 0 Å². The minimum Gasteiger partial charge on any atom is -0.384 e. The Morgan fingerprint density at radius 3 is 3.00 bits per heavy atom. The van der Waals surface area contributed by atoms with E-state index in [2.05, 4.69) is 15.3 Å². The second-order valence-electron chi connectivity index (χ2n) is 3.49. The van der Waals surface area contributed by atoms with Crippen LogP contribution in [0.5, 0.6) is 0 Å². The lowest BCUT2D eigenvalue weighted by molar-refractivity contribution is 0.758. The highest BCUT2D eigenvalue weighted by atomic mass is 15.0. The third-order valence-electron chi connectivity index (χ3n) is 2.24. The summed E-state index contributed by atoms with van der Waals surface area (Å²) in [4.78, 5) is 7.88. The maximum Gasteiger partial charge on any atom is 0.131 e. The Kier molecular flexibility index (Phi) is 2.29. The fraction of sp³-hybridized carbons (Fsp3) is 0.556. The number of rotatable bonds is 4. The van der Waals surface area contributed by atoms with Crippen LogP contribution >= 0.6 is 0 Å². The fourth-order valence-corrected chi connectivity index (χ4v) is 1.28. The van der Waals surface area contributed by atoms with E-state index in [0.717, 1.165) is 18.3 Å². The van der Waals surface area contributed by atoms with Crippen LogP contribution in [0.3, 0.4) is 0 Å². The maximum atomic E-state index is 5.51. The molecule has 1 aromatic rings. The van der Waals surface area contributed by atoms with Gasteiger partial charge in [-0.1, -0.05) is 12.8 Å². The summed E-state index contributed by atoms with van der Waals surface area (Å²) in [5, 5.41) is 3.23. The smallest absolute Gasteiger partial charge is 0.131 e. The number of nitrogen functional groups attached to an aromatic ring is 1. The third-order valence-corrected chi connectivity index (χ3v) is 2.24. The molecule has 0 atom stereocenters. The Bertz CT molecular complexity index is 283. The molecule has 4 nitrogen and oxygen atoms in total. The van der Waals surface area contributed by atoms with E-state index in [1.807, 2.05) is 0 Å². The van der Waals surface area contributed by atoms with Crippen molar-refractivity contribution >= 4 is 11.6 Å². The summed E-state index contributed by atoms with van der Waals surface area (Å²) in [5.41, 5.74) is 5.51. The fourth-order valence-electron chi connectivity index (χ4n) is 1.28. The maximum absolute atomic E-state index is 5.51. The Morgan fingerprint density at radius 2 is 2.31 bits per heavy atom. The van der Waals surface area contributed by atoms with Gasteiger partial charge in [-0.25, -0.2) is 9.97 Å². The monoisotopic (exact) mass is 178 g/mol. The molecule has 4 heteroatoms. The van der Waals surface area contributed by atoms with E-state index in [-0.39, 0.29) is 0 Å². The van der Waals surface area contributed by atoms with Crippen molar-refractivity contribution in [3.63, 3.8) is 0 Å². The first-order chi connectivity index (χ1) is 6.34. The van der Waals surface area contributed by atoms with Gasteiger partial charge in [-0.05, 0) is 12.3 Å². The highest BCUT2D eigenvalue weighted by Crippen LogP contribution is 2.31. The lowest BCUT2D eigenvalue weighted by atomic mass is 10.3. The van der Waals surface area contributed by atoms with Gasteiger partial charge in [0.2, 0.25) is 0 Å². The second-order valence-corrected chi connectivity index (χ2v) is 3.49. The minimum absolute atomic E-state index is 0.518. The quantitative estimate of drug-likeness (QED) is 0.728. The molecule has 0 bridgehead atoms. The van der Waals surface area contributed by atoms with E-state index in [1.165, 1.54) is 25.6 Å². The van der Waals surface area contributed by atoms with Crippen molar-refractivity contribution in [1.82, 2.24) is 9.97 Å². The van der Waals surface area contributed by atoms with Gasteiger partial charge in [-0.15, -0.1) is 0 Å². The van der Waals surface area contributed by atoms with Gasteiger partial charge in [0.25, 0.3) is 0 Å². The molecular weight excluding hydrogens is 164 g/mol. The molecule has 1 saturated carbocycles. The molecule has 1 fully saturated rings. The SMILES string of the molecule is Nc1cc(NCCC2CC2)ncn1. The van der Waals surface area contributed by atoms with Crippen LogP contribution in [-0.4, -0.2) is 16.5 Å². The van der Waals surface area contributed by atoms with Crippen molar-refractivity contribution in [2.75, 3.05) is 17.6 Å². The van der Waals surface area contributed by atoms with Gasteiger partial charge in [0.05, 0.1) is 0 Å². The summed E-state index contributed by atoms with van der Waals surface area (Å²) in [6.07, 6.45) is 5.51. The molecule has 0 aromatic carbocycles. The molecule has 13 heavy (non-hydrogen) atoms. The summed E-state index contributed by atoms with van der Waals surface area (Å²) >= 11 is 0. The van der Waals surface area contributed by atoms with Gasteiger partial charge in [-0.2, -0.15) is 0 Å². The molecule has 1 aliphatic rings. The summed E-state index contributed by atoms with van der Waals surface area (Å²) in [7, 11) is 0. The number of nitrogens with zero attached hydrogens (tertiary/aromatic N) is 2. The highest BCUT2D eigenvalue weighted by molar-refractivity contribution is 5.43. The lowest BCUT2D eigenvalue weighted by Gasteiger charge is -2.03. The summed E-state index contributed by atoms with van der Waals surface area (Å²) < 4.78 is 0. The number of aromatic nitrogens is 2. The van der Waals surface area contributed by atoms with Crippen molar-refractivity contribution in [1.29, 1.82) is 0 Å². The first kappa shape index (κ1) is 8.29. The van der Waals surface area contributed by atoms with Gasteiger partial charge in [0.1, 0.15) is 18.0 Å². The van der Waals surface area contributed by atoms with E-state index in [4.69, 9.17) is 5.73 Å². The summed E-state index contributed by atoms with van der Waals surface area (Å²) in [5.74, 6) is 2.30. The topological polar surface area (TPSA) is 63.8 Å². The van der Waals surface area contributed by atoms with Gasteiger partial charge in [0.15, 0.2) is 0 Å². The van der Waals surface area contributed by atoms with Crippen LogP contribution in [0.25, 0.3) is 0 Å². The van der Waals surface area contributed by atoms with Crippen LogP contribution < -0.4 is 11.1 Å². The molecule has 0 saturated heterocycles. The molecule has 2 rings (SSSR count). The Labute approximate surface area is 77.6 Å². The third kappa shape index (κ3) is 2.57. The van der Waals surface area contributed by atoms with Gasteiger partial charge >= 0.3 is 0 Å². The van der Waals surface area contributed by atoms with Crippen molar-refractivity contribution in [2.45, 2.75) is 19.3 Å². The average molecular weight is 178 g/mol. The van der Waals surface area contributed by atoms with Crippen LogP contribution in [0.15, 0.2) is 12.4 Å². The molecule has 3 N–H and O–H groups in total. The molecule has 1 heterocycles. The normalized spacial score (nSPS) is 15.7. The van der Waals surface area contributed by atoms with E-state index >= 15 is 0 Å². The number of nitrogens with two attached hydrogens (primary N) is 1. The molecule has 0 unspecified atom stereocenters. The molecule has 0 radical (unpaired) electrons. The molecule has 1 aromatic heterocycles. The second kappa shape index (κ2) is 3.60. The molecule has 0 spiro atoms. The van der Waals surface area contributed by atoms with Crippen molar-refractivity contribution in [3.05, 3.63) is 12.4 Å². The van der Waals surface area contributed by atoms with Crippen LogP contribution in [0, 0.1) is 5.92 Å². The lowest BCUT2D eigenvalue weighted by Crippen LogP contribution is -2.04. The van der Waals surface area contributed by atoms with E-state index in [1.54, 1.807) is 6.07 Å². The van der Waals surface area contributed by atoms with Gasteiger partial charge in [-0.3, -0.25) is 0 Å². The van der Waals surface area contributed by atoms with Crippen molar-refractivity contribution in [2.24, 2.45) is 5.92 Å². The number of hydrogen-bond donors (Lipinski definition) is 2. The Balaban J connectivity index is 1.79. The molecule has 1 aliphatic carbocycles. The van der Waals surface area contributed by atoms with Gasteiger partial charge in [0, 0.05) is 12.6 Å². The average Bonchev–Trinajstić information content (AvgIpc) is 2.88. The molecular formula is C9H14N4. The molecule has 0 aliphatic heterocycles.